The van der Waals surface area contributed by atoms with Gasteiger partial charge in [-0.25, -0.2) is 4.79 Å². The van der Waals surface area contributed by atoms with Gasteiger partial charge in [-0.15, -0.1) is 0 Å². The number of nitriles is 1. The molecule has 10 heavy (non-hydrogen) atoms. The lowest BCUT2D eigenvalue weighted by Crippen LogP contribution is -2.24. The second-order valence-electron chi connectivity index (χ2n) is 1.34. The number of hydrogen-bond acceptors (Lipinski definition) is 2. The van der Waals surface area contributed by atoms with Crippen molar-refractivity contribution in [3.63, 3.8) is 0 Å². The van der Waals surface area contributed by atoms with Crippen LogP contribution in [0.4, 0.5) is 0 Å². The predicted octanol–water partition coefficient (Wildman–Crippen LogP) is 0.334. The molecule has 0 spiro atoms. The maximum absolute atomic E-state index is 10.00. The Morgan fingerprint density at radius 1 is 1.70 bits per heavy atom. The van der Waals surface area contributed by atoms with E-state index in [0.717, 1.165) is 0 Å². The van der Waals surface area contributed by atoms with Crippen molar-refractivity contribution in [2.45, 2.75) is 10.8 Å². The maximum atomic E-state index is 10.00. The van der Waals surface area contributed by atoms with Crippen LogP contribution >= 0.6 is 23.2 Å². The molecular formula is C4H5Cl2NO3. The van der Waals surface area contributed by atoms with Gasteiger partial charge in [0.05, 0.1) is 12.5 Å². The Kier molecular flexibility index (Phi) is 5.29. The summed E-state index contributed by atoms with van der Waals surface area (Å²) in [4.78, 5) is 10.00. The molecule has 4 nitrogen and oxygen atoms in total. The second-order valence-corrected chi connectivity index (χ2v) is 2.83. The molecule has 0 heterocycles. The third kappa shape index (κ3) is 3.51. The van der Waals surface area contributed by atoms with Crippen molar-refractivity contribution in [3.05, 3.63) is 0 Å². The molecule has 0 aromatic heterocycles. The number of hydrogen-bond donors (Lipinski definition) is 1. The van der Waals surface area contributed by atoms with Gasteiger partial charge in [0.15, 0.2) is 0 Å². The van der Waals surface area contributed by atoms with E-state index in [1.165, 1.54) is 0 Å². The zero-order chi connectivity index (χ0) is 7.49. The monoisotopic (exact) mass is 185 g/mol. The Balaban J connectivity index is 0. The van der Waals surface area contributed by atoms with Crippen LogP contribution in [0.5, 0.6) is 0 Å². The van der Waals surface area contributed by atoms with E-state index >= 15 is 0 Å². The molecule has 0 bridgehead atoms. The van der Waals surface area contributed by atoms with Gasteiger partial charge in [-0.05, 0) is 0 Å². The highest BCUT2D eigenvalue weighted by Gasteiger charge is 2.32. The molecule has 0 aliphatic heterocycles. The van der Waals surface area contributed by atoms with Crippen LogP contribution in [-0.4, -0.2) is 20.9 Å². The van der Waals surface area contributed by atoms with Crippen LogP contribution in [0.1, 0.15) is 6.42 Å². The number of carboxylic acid groups (broad SMARTS) is 1. The lowest BCUT2D eigenvalue weighted by molar-refractivity contribution is -0.137. The van der Waals surface area contributed by atoms with E-state index in [0.29, 0.717) is 0 Å². The van der Waals surface area contributed by atoms with Gasteiger partial charge in [-0.2, -0.15) is 5.26 Å². The number of rotatable bonds is 2. The zero-order valence-electron chi connectivity index (χ0n) is 4.77. The van der Waals surface area contributed by atoms with Gasteiger partial charge in [-0.1, -0.05) is 23.2 Å². The summed E-state index contributed by atoms with van der Waals surface area (Å²) in [6.45, 7) is 0. The lowest BCUT2D eigenvalue weighted by Gasteiger charge is -2.06. The first kappa shape index (κ1) is 12.2. The van der Waals surface area contributed by atoms with Crippen LogP contribution in [0.15, 0.2) is 0 Å². The topological polar surface area (TPSA) is 92.6 Å². The number of carboxylic acids is 1. The average molecular weight is 186 g/mol. The molecule has 0 amide bonds. The average Bonchev–Trinajstić information content (AvgIpc) is 1.65. The Hall–Kier alpha value is -0.500. The molecule has 0 atom stereocenters. The first-order valence-corrected chi connectivity index (χ1v) is 2.74. The minimum Gasteiger partial charge on any atom is -0.479 e. The Morgan fingerprint density at radius 3 is 2.20 bits per heavy atom. The second kappa shape index (κ2) is 4.34. The fourth-order valence-corrected chi connectivity index (χ4v) is 0.294. The summed E-state index contributed by atoms with van der Waals surface area (Å²) in [5, 5.41) is 16.1. The summed E-state index contributed by atoms with van der Waals surface area (Å²) in [6.07, 6.45) is -0.411. The summed E-state index contributed by atoms with van der Waals surface area (Å²) in [5.74, 6) is -1.40. The summed E-state index contributed by atoms with van der Waals surface area (Å²) in [5.41, 5.74) is 0. The molecule has 0 radical (unpaired) electrons. The van der Waals surface area contributed by atoms with Crippen molar-refractivity contribution in [1.82, 2.24) is 0 Å². The van der Waals surface area contributed by atoms with E-state index < -0.39 is 16.7 Å². The van der Waals surface area contributed by atoms with Crippen LogP contribution in [0.25, 0.3) is 0 Å². The smallest absolute Gasteiger partial charge is 0.341 e. The maximum Gasteiger partial charge on any atom is 0.341 e. The van der Waals surface area contributed by atoms with E-state index in [-0.39, 0.29) is 5.48 Å². The van der Waals surface area contributed by atoms with E-state index in [1.807, 2.05) is 0 Å². The SMILES string of the molecule is N#CCC(Cl)(Cl)C(=O)O.O. The molecule has 0 aliphatic carbocycles. The van der Waals surface area contributed by atoms with Crippen LogP contribution < -0.4 is 0 Å². The van der Waals surface area contributed by atoms with Crippen molar-refractivity contribution in [3.8, 4) is 6.07 Å². The minimum absolute atomic E-state index is 0. The van der Waals surface area contributed by atoms with E-state index in [1.54, 1.807) is 6.07 Å². The van der Waals surface area contributed by atoms with Crippen LogP contribution in [0, 0.1) is 11.3 Å². The first-order chi connectivity index (χ1) is 4.00. The minimum atomic E-state index is -1.95. The molecule has 0 unspecified atom stereocenters. The molecule has 0 aromatic rings. The van der Waals surface area contributed by atoms with Crippen LogP contribution in [0.3, 0.4) is 0 Å². The van der Waals surface area contributed by atoms with Crippen LogP contribution in [0.2, 0.25) is 0 Å². The molecule has 6 heteroatoms. The molecule has 0 rings (SSSR count). The largest absolute Gasteiger partial charge is 0.479 e. The summed E-state index contributed by atoms with van der Waals surface area (Å²) in [7, 11) is 0. The number of carbonyl (C=O) groups is 1. The normalized spacial score (nSPS) is 9.30. The van der Waals surface area contributed by atoms with Gasteiger partial charge in [0.1, 0.15) is 0 Å². The van der Waals surface area contributed by atoms with Crippen LogP contribution in [-0.2, 0) is 4.79 Å². The van der Waals surface area contributed by atoms with Gasteiger partial charge < -0.3 is 10.6 Å². The molecule has 0 fully saturated rings. The highest BCUT2D eigenvalue weighted by molar-refractivity contribution is 6.57. The Bertz CT molecular complexity index is 162. The van der Waals surface area contributed by atoms with Gasteiger partial charge in [0, 0.05) is 0 Å². The Morgan fingerprint density at radius 2 is 2.10 bits per heavy atom. The number of nitrogens with zero attached hydrogens (tertiary/aromatic N) is 1. The standard InChI is InChI=1S/C4H3Cl2NO2.H2O/c5-4(6,1-2-7)3(8)9;/h1H2,(H,8,9);1H2. The van der Waals surface area contributed by atoms with Crippen molar-refractivity contribution < 1.29 is 15.4 Å². The van der Waals surface area contributed by atoms with E-state index in [2.05, 4.69) is 0 Å². The van der Waals surface area contributed by atoms with Crippen molar-refractivity contribution in [1.29, 1.82) is 5.26 Å². The predicted molar refractivity (Wildman–Crippen MR) is 35.9 cm³/mol. The highest BCUT2D eigenvalue weighted by atomic mass is 35.5. The third-order valence-corrected chi connectivity index (χ3v) is 1.20. The van der Waals surface area contributed by atoms with Crippen molar-refractivity contribution in [2.24, 2.45) is 0 Å². The Labute approximate surface area is 67.3 Å². The quantitative estimate of drug-likeness (QED) is 0.629. The number of halogens is 2. The van der Waals surface area contributed by atoms with E-state index in [9.17, 15) is 4.79 Å². The third-order valence-electron chi connectivity index (χ3n) is 0.614. The molecule has 0 saturated heterocycles. The van der Waals surface area contributed by atoms with Crippen molar-refractivity contribution in [2.75, 3.05) is 0 Å². The number of aliphatic carboxylic acids is 1. The first-order valence-electron chi connectivity index (χ1n) is 1.99. The highest BCUT2D eigenvalue weighted by Crippen LogP contribution is 2.24. The molecule has 0 aromatic carbocycles. The molecular weight excluding hydrogens is 181 g/mol. The molecule has 58 valence electrons. The zero-order valence-corrected chi connectivity index (χ0v) is 6.28. The molecule has 0 aliphatic rings. The van der Waals surface area contributed by atoms with E-state index in [4.69, 9.17) is 33.6 Å². The molecule has 0 saturated carbocycles. The summed E-state index contributed by atoms with van der Waals surface area (Å²) >= 11 is 10.2. The van der Waals surface area contributed by atoms with Crippen molar-refractivity contribution >= 4 is 29.2 Å². The van der Waals surface area contributed by atoms with Gasteiger partial charge in [0.25, 0.3) is 0 Å². The van der Waals surface area contributed by atoms with Gasteiger partial charge >= 0.3 is 5.97 Å². The lowest BCUT2D eigenvalue weighted by atomic mass is 10.3. The summed E-state index contributed by atoms with van der Waals surface area (Å²) in [6, 6.07) is 1.54. The summed E-state index contributed by atoms with van der Waals surface area (Å²) < 4.78 is -1.95. The molecule has 3 N–H and O–H groups in total. The number of alkyl halides is 2. The fourth-order valence-electron chi connectivity index (χ4n) is 0.175. The van der Waals surface area contributed by atoms with Gasteiger partial charge in [-0.3, -0.25) is 0 Å². The van der Waals surface area contributed by atoms with Gasteiger partial charge in [0.2, 0.25) is 4.33 Å². The fraction of sp³-hybridized carbons (Fsp3) is 0.500.